The molecule has 2 N–H and O–H groups in total. The van der Waals surface area contributed by atoms with E-state index >= 15 is 0 Å². The van der Waals surface area contributed by atoms with Gasteiger partial charge in [-0.15, -0.1) is 11.8 Å². The fourth-order valence-corrected chi connectivity index (χ4v) is 3.19. The third-order valence-corrected chi connectivity index (χ3v) is 4.18. The lowest BCUT2D eigenvalue weighted by Crippen LogP contribution is -2.27. The van der Waals surface area contributed by atoms with Crippen LogP contribution < -0.4 is 5.32 Å². The van der Waals surface area contributed by atoms with E-state index < -0.39 is 5.97 Å². The van der Waals surface area contributed by atoms with Gasteiger partial charge in [-0.3, -0.25) is 5.32 Å². The lowest BCUT2D eigenvalue weighted by atomic mass is 10.3. The number of carboxylic acid groups (broad SMARTS) is 1. The summed E-state index contributed by atoms with van der Waals surface area (Å²) in [5.74, 6) is -0.247. The number of urea groups is 1. The number of carboxylic acids is 1. The van der Waals surface area contributed by atoms with Crippen LogP contribution in [-0.2, 0) is 0 Å². The number of aromatic carboxylic acids is 1. The van der Waals surface area contributed by atoms with Crippen molar-refractivity contribution in [2.45, 2.75) is 24.8 Å². The number of hydrogen-bond donors (Lipinski definition) is 2. The molecule has 1 aromatic heterocycles. The standard InChI is InChI=1S/C11H17N3O3S2/c1-4-5-6-18-9-7(10(15)16)8(19-13-9)12-11(17)14(2)3/h4-6H2,1-3H3,(H,12,17)(H,15,16). The number of unbranched alkanes of at least 4 members (excludes halogenated alkanes) is 1. The first-order valence-corrected chi connectivity index (χ1v) is 7.57. The van der Waals surface area contributed by atoms with Crippen molar-refractivity contribution >= 4 is 40.3 Å². The predicted octanol–water partition coefficient (Wildman–Crippen LogP) is 2.83. The molecule has 8 heteroatoms. The maximum atomic E-state index is 11.6. The molecule has 0 saturated carbocycles. The van der Waals surface area contributed by atoms with E-state index in [0.717, 1.165) is 30.1 Å². The zero-order valence-corrected chi connectivity index (χ0v) is 12.7. The average Bonchev–Trinajstić information content (AvgIpc) is 2.72. The van der Waals surface area contributed by atoms with E-state index in [1.54, 1.807) is 14.1 Å². The Morgan fingerprint density at radius 3 is 2.68 bits per heavy atom. The summed E-state index contributed by atoms with van der Waals surface area (Å²) in [4.78, 5) is 24.2. The summed E-state index contributed by atoms with van der Waals surface area (Å²) < 4.78 is 4.11. The van der Waals surface area contributed by atoms with Crippen molar-refractivity contribution in [3.8, 4) is 0 Å². The summed E-state index contributed by atoms with van der Waals surface area (Å²) in [6, 6.07) is -0.365. The molecule has 0 saturated heterocycles. The van der Waals surface area contributed by atoms with E-state index in [2.05, 4.69) is 16.6 Å². The van der Waals surface area contributed by atoms with E-state index in [4.69, 9.17) is 0 Å². The highest BCUT2D eigenvalue weighted by atomic mass is 32.2. The molecule has 1 aromatic rings. The van der Waals surface area contributed by atoms with Gasteiger partial charge in [0, 0.05) is 14.1 Å². The van der Waals surface area contributed by atoms with Crippen LogP contribution in [0.2, 0.25) is 0 Å². The van der Waals surface area contributed by atoms with Gasteiger partial charge in [-0.2, -0.15) is 4.37 Å². The molecule has 0 bridgehead atoms. The molecule has 0 aromatic carbocycles. The van der Waals surface area contributed by atoms with E-state index in [-0.39, 0.29) is 16.6 Å². The number of carbonyl (C=O) groups is 2. The van der Waals surface area contributed by atoms with Crippen LogP contribution in [0, 0.1) is 0 Å². The Hall–Kier alpha value is -1.28. The van der Waals surface area contributed by atoms with Gasteiger partial charge in [-0.25, -0.2) is 9.59 Å². The molecule has 0 aliphatic heterocycles. The van der Waals surface area contributed by atoms with Crippen molar-refractivity contribution in [2.75, 3.05) is 25.2 Å². The monoisotopic (exact) mass is 303 g/mol. The number of nitrogens with zero attached hydrogens (tertiary/aromatic N) is 2. The van der Waals surface area contributed by atoms with Crippen LogP contribution in [0.25, 0.3) is 0 Å². The number of amides is 2. The number of thioether (sulfide) groups is 1. The Balaban J connectivity index is 2.87. The molecule has 0 fully saturated rings. The Morgan fingerprint density at radius 2 is 2.16 bits per heavy atom. The Morgan fingerprint density at radius 1 is 1.47 bits per heavy atom. The summed E-state index contributed by atoms with van der Waals surface area (Å²) >= 11 is 2.41. The molecule has 6 nitrogen and oxygen atoms in total. The second kappa shape index (κ2) is 7.34. The van der Waals surface area contributed by atoms with Gasteiger partial charge in [0.15, 0.2) is 0 Å². The molecule has 0 spiro atoms. The van der Waals surface area contributed by atoms with Crippen molar-refractivity contribution in [1.29, 1.82) is 0 Å². The number of anilines is 1. The molecule has 0 radical (unpaired) electrons. The first kappa shape index (κ1) is 15.8. The molecule has 0 aliphatic carbocycles. The zero-order valence-electron chi connectivity index (χ0n) is 11.1. The van der Waals surface area contributed by atoms with Crippen molar-refractivity contribution in [3.63, 3.8) is 0 Å². The highest BCUT2D eigenvalue weighted by Gasteiger charge is 2.22. The van der Waals surface area contributed by atoms with Crippen LogP contribution in [0.5, 0.6) is 0 Å². The SMILES string of the molecule is CCCCSc1nsc(NC(=O)N(C)C)c1C(=O)O. The summed E-state index contributed by atoms with van der Waals surface area (Å²) in [5.41, 5.74) is 0.0845. The number of aromatic nitrogens is 1. The fraction of sp³-hybridized carbons (Fsp3) is 0.545. The molecule has 0 atom stereocenters. The molecule has 0 unspecified atom stereocenters. The third-order valence-electron chi connectivity index (χ3n) is 2.24. The molecule has 19 heavy (non-hydrogen) atoms. The van der Waals surface area contributed by atoms with Crippen LogP contribution in [0.1, 0.15) is 30.1 Å². The minimum Gasteiger partial charge on any atom is -0.477 e. The summed E-state index contributed by atoms with van der Waals surface area (Å²) in [7, 11) is 3.18. The smallest absolute Gasteiger partial charge is 0.341 e. The van der Waals surface area contributed by atoms with Crippen molar-refractivity contribution in [2.24, 2.45) is 0 Å². The minimum absolute atomic E-state index is 0.0845. The molecule has 1 rings (SSSR count). The van der Waals surface area contributed by atoms with E-state index in [9.17, 15) is 14.7 Å². The summed E-state index contributed by atoms with van der Waals surface area (Å²) in [6.45, 7) is 2.07. The molecule has 0 aliphatic rings. The number of rotatable bonds is 6. The first-order valence-electron chi connectivity index (χ1n) is 5.81. The number of nitrogens with one attached hydrogen (secondary N) is 1. The van der Waals surface area contributed by atoms with Crippen molar-refractivity contribution < 1.29 is 14.7 Å². The molecule has 106 valence electrons. The van der Waals surface area contributed by atoms with Gasteiger partial charge >= 0.3 is 12.0 Å². The molecular formula is C11H17N3O3S2. The van der Waals surface area contributed by atoms with Crippen LogP contribution in [-0.4, -0.2) is 46.2 Å². The van der Waals surface area contributed by atoms with Crippen molar-refractivity contribution in [1.82, 2.24) is 9.27 Å². The van der Waals surface area contributed by atoms with E-state index in [1.165, 1.54) is 16.7 Å². The number of carbonyl (C=O) groups excluding carboxylic acids is 1. The Labute approximate surface area is 120 Å². The zero-order chi connectivity index (χ0) is 14.4. The lowest BCUT2D eigenvalue weighted by molar-refractivity contribution is 0.0694. The van der Waals surface area contributed by atoms with Gasteiger partial charge in [-0.1, -0.05) is 13.3 Å². The van der Waals surface area contributed by atoms with Gasteiger partial charge in [0.05, 0.1) is 0 Å². The van der Waals surface area contributed by atoms with Crippen LogP contribution in [0.3, 0.4) is 0 Å². The molecule has 1 heterocycles. The largest absolute Gasteiger partial charge is 0.477 e. The average molecular weight is 303 g/mol. The summed E-state index contributed by atoms with van der Waals surface area (Å²) in [6.07, 6.45) is 2.05. The van der Waals surface area contributed by atoms with Gasteiger partial charge in [0.2, 0.25) is 0 Å². The molecular weight excluding hydrogens is 286 g/mol. The fourth-order valence-electron chi connectivity index (χ4n) is 1.17. The second-order valence-corrected chi connectivity index (χ2v) is 5.88. The van der Waals surface area contributed by atoms with Gasteiger partial charge in [0.25, 0.3) is 0 Å². The van der Waals surface area contributed by atoms with Crippen LogP contribution in [0.4, 0.5) is 9.80 Å². The maximum absolute atomic E-state index is 11.6. The lowest BCUT2D eigenvalue weighted by Gasteiger charge is -2.10. The van der Waals surface area contributed by atoms with E-state index in [0.29, 0.717) is 5.03 Å². The van der Waals surface area contributed by atoms with Gasteiger partial charge < -0.3 is 10.0 Å². The highest BCUT2D eigenvalue weighted by Crippen LogP contribution is 2.32. The minimum atomic E-state index is -1.07. The third kappa shape index (κ3) is 4.39. The summed E-state index contributed by atoms with van der Waals surface area (Å²) in [5, 5.41) is 12.5. The van der Waals surface area contributed by atoms with Crippen LogP contribution in [0.15, 0.2) is 5.03 Å². The first-order chi connectivity index (χ1) is 8.97. The highest BCUT2D eigenvalue weighted by molar-refractivity contribution is 7.99. The topological polar surface area (TPSA) is 82.5 Å². The maximum Gasteiger partial charge on any atom is 0.341 e. The quantitative estimate of drug-likeness (QED) is 0.624. The van der Waals surface area contributed by atoms with E-state index in [1.807, 2.05) is 0 Å². The normalized spacial score (nSPS) is 10.3. The Kier molecular flexibility index (Phi) is 6.10. The molecule has 2 amide bonds. The number of hydrogen-bond acceptors (Lipinski definition) is 5. The predicted molar refractivity (Wildman–Crippen MR) is 77.4 cm³/mol. The second-order valence-electron chi connectivity index (χ2n) is 4.02. The van der Waals surface area contributed by atoms with Crippen LogP contribution >= 0.6 is 23.3 Å². The van der Waals surface area contributed by atoms with Gasteiger partial charge in [0.1, 0.15) is 15.6 Å². The van der Waals surface area contributed by atoms with Gasteiger partial charge in [-0.05, 0) is 23.7 Å². The van der Waals surface area contributed by atoms with Crippen molar-refractivity contribution in [3.05, 3.63) is 5.56 Å². The Bertz CT molecular complexity index is 460.